The lowest BCUT2D eigenvalue weighted by molar-refractivity contribution is 0.342. The van der Waals surface area contributed by atoms with E-state index in [1.165, 1.54) is 18.0 Å². The van der Waals surface area contributed by atoms with Crippen LogP contribution in [0.25, 0.3) is 0 Å². The second-order valence-electron chi connectivity index (χ2n) is 3.94. The van der Waals surface area contributed by atoms with Crippen LogP contribution >= 0.6 is 11.8 Å². The van der Waals surface area contributed by atoms with Crippen LogP contribution in [0.4, 0.5) is 5.82 Å². The molecule has 0 atom stereocenters. The quantitative estimate of drug-likeness (QED) is 0.496. The normalized spacial score (nSPS) is 9.90. The summed E-state index contributed by atoms with van der Waals surface area (Å²) in [6.07, 6.45) is 1.43. The SMILES string of the molecule is COc1ccc(OCCSc2ncc(C#N)c(N)n2)cc1. The summed E-state index contributed by atoms with van der Waals surface area (Å²) in [5.74, 6) is 2.44. The third-order valence-electron chi connectivity index (χ3n) is 2.56. The molecule has 21 heavy (non-hydrogen) atoms. The zero-order valence-electron chi connectivity index (χ0n) is 11.4. The number of nitrogens with zero attached hydrogens (tertiary/aromatic N) is 3. The number of ether oxygens (including phenoxy) is 2. The van der Waals surface area contributed by atoms with E-state index in [4.69, 9.17) is 20.5 Å². The van der Waals surface area contributed by atoms with Crippen molar-refractivity contribution in [2.24, 2.45) is 0 Å². The van der Waals surface area contributed by atoms with Gasteiger partial charge in [-0.1, -0.05) is 11.8 Å². The highest BCUT2D eigenvalue weighted by Crippen LogP contribution is 2.19. The van der Waals surface area contributed by atoms with Crippen LogP contribution in [0.15, 0.2) is 35.6 Å². The minimum atomic E-state index is 0.200. The Morgan fingerprint density at radius 2 is 2.00 bits per heavy atom. The lowest BCUT2D eigenvalue weighted by atomic mass is 10.3. The van der Waals surface area contributed by atoms with E-state index in [0.29, 0.717) is 17.5 Å². The number of rotatable bonds is 6. The summed E-state index contributed by atoms with van der Waals surface area (Å²) in [6, 6.07) is 9.30. The van der Waals surface area contributed by atoms with Crippen LogP contribution in [0.2, 0.25) is 0 Å². The van der Waals surface area contributed by atoms with E-state index in [1.54, 1.807) is 7.11 Å². The molecule has 2 aromatic rings. The first-order chi connectivity index (χ1) is 10.2. The zero-order valence-corrected chi connectivity index (χ0v) is 12.3. The number of hydrogen-bond donors (Lipinski definition) is 1. The largest absolute Gasteiger partial charge is 0.497 e. The molecule has 0 fully saturated rings. The molecule has 7 heteroatoms. The number of nitriles is 1. The number of hydrogen-bond acceptors (Lipinski definition) is 7. The van der Waals surface area contributed by atoms with Crippen molar-refractivity contribution >= 4 is 17.6 Å². The van der Waals surface area contributed by atoms with Crippen LogP contribution in [-0.2, 0) is 0 Å². The number of nitrogen functional groups attached to an aromatic ring is 1. The van der Waals surface area contributed by atoms with E-state index in [9.17, 15) is 0 Å². The van der Waals surface area contributed by atoms with Gasteiger partial charge < -0.3 is 15.2 Å². The fraction of sp³-hybridized carbons (Fsp3) is 0.214. The number of nitrogens with two attached hydrogens (primary N) is 1. The Balaban J connectivity index is 1.79. The average Bonchev–Trinajstić information content (AvgIpc) is 2.52. The third-order valence-corrected chi connectivity index (χ3v) is 3.38. The number of methoxy groups -OCH3 is 1. The molecule has 0 aliphatic carbocycles. The summed E-state index contributed by atoms with van der Waals surface area (Å²) >= 11 is 1.42. The lowest BCUT2D eigenvalue weighted by Crippen LogP contribution is -2.02. The van der Waals surface area contributed by atoms with Gasteiger partial charge in [0.2, 0.25) is 0 Å². The molecular formula is C14H14N4O2S. The fourth-order valence-electron chi connectivity index (χ4n) is 1.50. The molecule has 0 aliphatic rings. The van der Waals surface area contributed by atoms with Crippen LogP contribution < -0.4 is 15.2 Å². The second kappa shape index (κ2) is 7.36. The van der Waals surface area contributed by atoms with Gasteiger partial charge in [-0.25, -0.2) is 9.97 Å². The van der Waals surface area contributed by atoms with Gasteiger partial charge in [0.25, 0.3) is 0 Å². The monoisotopic (exact) mass is 302 g/mol. The molecule has 0 radical (unpaired) electrons. The maximum absolute atomic E-state index is 8.74. The Kier molecular flexibility index (Phi) is 5.23. The maximum atomic E-state index is 8.74. The lowest BCUT2D eigenvalue weighted by Gasteiger charge is -2.06. The summed E-state index contributed by atoms with van der Waals surface area (Å²) in [6.45, 7) is 0.514. The number of thioether (sulfide) groups is 1. The molecule has 0 aliphatic heterocycles. The van der Waals surface area contributed by atoms with Gasteiger partial charge in [0.05, 0.1) is 19.9 Å². The van der Waals surface area contributed by atoms with Crippen molar-refractivity contribution < 1.29 is 9.47 Å². The van der Waals surface area contributed by atoms with Crippen molar-refractivity contribution in [3.63, 3.8) is 0 Å². The highest BCUT2D eigenvalue weighted by Gasteiger charge is 2.04. The predicted molar refractivity (Wildman–Crippen MR) is 80.4 cm³/mol. The molecule has 6 nitrogen and oxygen atoms in total. The summed E-state index contributed by atoms with van der Waals surface area (Å²) in [5, 5.41) is 9.27. The average molecular weight is 302 g/mol. The smallest absolute Gasteiger partial charge is 0.189 e. The van der Waals surface area contributed by atoms with Crippen molar-refractivity contribution in [3.05, 3.63) is 36.0 Å². The number of benzene rings is 1. The molecule has 1 aromatic heterocycles. The Hall–Kier alpha value is -2.46. The van der Waals surface area contributed by atoms with Gasteiger partial charge in [0.15, 0.2) is 5.16 Å². The highest BCUT2D eigenvalue weighted by molar-refractivity contribution is 7.99. The summed E-state index contributed by atoms with van der Waals surface area (Å²) in [5.41, 5.74) is 5.91. The van der Waals surface area contributed by atoms with Crippen molar-refractivity contribution in [1.82, 2.24) is 9.97 Å². The van der Waals surface area contributed by atoms with Crippen molar-refractivity contribution in [2.45, 2.75) is 5.16 Å². The van der Waals surface area contributed by atoms with E-state index in [0.717, 1.165) is 11.5 Å². The first-order valence-electron chi connectivity index (χ1n) is 6.15. The Bertz CT molecular complexity index is 640. The Labute approximate surface area is 126 Å². The minimum Gasteiger partial charge on any atom is -0.497 e. The summed E-state index contributed by atoms with van der Waals surface area (Å²) < 4.78 is 10.7. The van der Waals surface area contributed by atoms with Gasteiger partial charge in [-0.3, -0.25) is 0 Å². The highest BCUT2D eigenvalue weighted by atomic mass is 32.2. The van der Waals surface area contributed by atoms with Crippen LogP contribution in [0.1, 0.15) is 5.56 Å². The topological polar surface area (TPSA) is 94.0 Å². The molecule has 0 bridgehead atoms. The van der Waals surface area contributed by atoms with Crippen LogP contribution in [0, 0.1) is 11.3 Å². The van der Waals surface area contributed by atoms with Gasteiger partial charge in [0, 0.05) is 5.75 Å². The van der Waals surface area contributed by atoms with Gasteiger partial charge in [-0.15, -0.1) is 0 Å². The zero-order chi connectivity index (χ0) is 15.1. The fourth-order valence-corrected chi connectivity index (χ4v) is 2.14. The standard InChI is InChI=1S/C14H14N4O2S/c1-19-11-2-4-12(5-3-11)20-6-7-21-14-17-9-10(8-15)13(16)18-14/h2-5,9H,6-7H2,1H3,(H2,16,17,18). The number of aromatic nitrogens is 2. The maximum Gasteiger partial charge on any atom is 0.189 e. The van der Waals surface area contributed by atoms with E-state index >= 15 is 0 Å². The predicted octanol–water partition coefficient (Wildman–Crippen LogP) is 2.11. The first kappa shape index (κ1) is 14.9. The molecule has 0 amide bonds. The molecule has 2 rings (SSSR count). The molecule has 108 valence electrons. The van der Waals surface area contributed by atoms with Crippen molar-refractivity contribution in [3.8, 4) is 17.6 Å². The van der Waals surface area contributed by atoms with E-state index in [-0.39, 0.29) is 11.4 Å². The van der Waals surface area contributed by atoms with Crippen molar-refractivity contribution in [2.75, 3.05) is 25.2 Å². The van der Waals surface area contributed by atoms with E-state index < -0.39 is 0 Å². The molecule has 0 saturated heterocycles. The third kappa shape index (κ3) is 4.26. The Morgan fingerprint density at radius 3 is 2.62 bits per heavy atom. The van der Waals surface area contributed by atoms with Gasteiger partial charge in [0.1, 0.15) is 28.9 Å². The Morgan fingerprint density at radius 1 is 1.29 bits per heavy atom. The van der Waals surface area contributed by atoms with Crippen LogP contribution in [0.5, 0.6) is 11.5 Å². The van der Waals surface area contributed by atoms with Gasteiger partial charge in [-0.05, 0) is 24.3 Å². The van der Waals surface area contributed by atoms with Crippen LogP contribution in [0.3, 0.4) is 0 Å². The molecule has 0 saturated carbocycles. The first-order valence-corrected chi connectivity index (χ1v) is 7.13. The molecule has 0 spiro atoms. The minimum absolute atomic E-state index is 0.200. The van der Waals surface area contributed by atoms with Gasteiger partial charge >= 0.3 is 0 Å². The van der Waals surface area contributed by atoms with Gasteiger partial charge in [-0.2, -0.15) is 5.26 Å². The molecule has 1 aromatic carbocycles. The molecule has 1 heterocycles. The molecule has 0 unspecified atom stereocenters. The van der Waals surface area contributed by atoms with E-state index in [1.807, 2.05) is 30.3 Å². The van der Waals surface area contributed by atoms with Crippen LogP contribution in [-0.4, -0.2) is 29.4 Å². The van der Waals surface area contributed by atoms with E-state index in [2.05, 4.69) is 9.97 Å². The van der Waals surface area contributed by atoms with Crippen molar-refractivity contribution in [1.29, 1.82) is 5.26 Å². The molecular weight excluding hydrogens is 288 g/mol. The number of anilines is 1. The summed E-state index contributed by atoms with van der Waals surface area (Å²) in [7, 11) is 1.62. The second-order valence-corrected chi connectivity index (χ2v) is 5.00. The summed E-state index contributed by atoms with van der Waals surface area (Å²) in [4.78, 5) is 8.10. The molecule has 2 N–H and O–H groups in total.